The van der Waals surface area contributed by atoms with Crippen LogP contribution in [0.4, 0.5) is 0 Å². The number of rotatable bonds is 6. The zero-order chi connectivity index (χ0) is 19.4. The maximum Gasteiger partial charge on any atom is 0.264 e. The predicted molar refractivity (Wildman–Crippen MR) is 107 cm³/mol. The zero-order valence-electron chi connectivity index (χ0n) is 16.3. The van der Waals surface area contributed by atoms with Gasteiger partial charge in [0.05, 0.1) is 10.6 Å². The minimum Gasteiger partial charge on any atom is -0.354 e. The second kappa shape index (κ2) is 8.69. The van der Waals surface area contributed by atoms with Gasteiger partial charge in [-0.1, -0.05) is 13.0 Å². The first-order valence-corrected chi connectivity index (χ1v) is 10.5. The smallest absolute Gasteiger partial charge is 0.264 e. The Bertz CT molecular complexity index is 784. The number of nitrogens with one attached hydrogen (secondary N) is 1. The van der Waals surface area contributed by atoms with Gasteiger partial charge in [0.1, 0.15) is 6.04 Å². The van der Waals surface area contributed by atoms with Crippen molar-refractivity contribution in [1.29, 1.82) is 0 Å². The molecule has 1 aliphatic heterocycles. The van der Waals surface area contributed by atoms with Crippen molar-refractivity contribution in [3.63, 3.8) is 0 Å². The number of piperidine rings is 1. The van der Waals surface area contributed by atoms with Crippen LogP contribution in [0.15, 0.2) is 23.6 Å². The molecule has 27 heavy (non-hydrogen) atoms. The third-order valence-corrected chi connectivity index (χ3v) is 5.87. The maximum absolute atomic E-state index is 12.8. The molecule has 0 spiro atoms. The molecule has 0 aliphatic carbocycles. The number of hydrogen-bond acceptors (Lipinski definition) is 4. The summed E-state index contributed by atoms with van der Waals surface area (Å²) in [5.41, 5.74) is 2.14. The molecule has 7 heteroatoms. The van der Waals surface area contributed by atoms with E-state index in [2.05, 4.69) is 23.4 Å². The van der Waals surface area contributed by atoms with Crippen LogP contribution < -0.4 is 5.32 Å². The minimum absolute atomic E-state index is 0.0273. The number of hydrogen-bond donors (Lipinski definition) is 1. The molecule has 0 aromatic carbocycles. The van der Waals surface area contributed by atoms with E-state index in [-0.39, 0.29) is 23.8 Å². The fraction of sp³-hybridized carbons (Fsp3) is 0.550. The lowest BCUT2D eigenvalue weighted by Crippen LogP contribution is -2.52. The van der Waals surface area contributed by atoms with Gasteiger partial charge in [0.15, 0.2) is 0 Å². The largest absolute Gasteiger partial charge is 0.354 e. The molecule has 1 N–H and O–H groups in total. The predicted octanol–water partition coefficient (Wildman–Crippen LogP) is 3.01. The number of aromatic nitrogens is 2. The van der Waals surface area contributed by atoms with E-state index in [1.807, 2.05) is 36.0 Å². The van der Waals surface area contributed by atoms with E-state index < -0.39 is 0 Å². The van der Waals surface area contributed by atoms with Crippen LogP contribution >= 0.6 is 11.3 Å². The minimum atomic E-state index is -0.366. The molecule has 0 radical (unpaired) electrons. The highest BCUT2D eigenvalue weighted by molar-refractivity contribution is 7.12. The molecule has 2 amide bonds. The molecule has 2 atom stereocenters. The van der Waals surface area contributed by atoms with Crippen LogP contribution in [0.25, 0.3) is 0 Å². The summed E-state index contributed by atoms with van der Waals surface area (Å²) in [5, 5.41) is 9.44. The summed E-state index contributed by atoms with van der Waals surface area (Å²) < 4.78 is 1.99. The van der Waals surface area contributed by atoms with Crippen molar-refractivity contribution < 1.29 is 9.59 Å². The molecule has 2 unspecified atom stereocenters. The normalized spacial score (nSPS) is 18.3. The van der Waals surface area contributed by atoms with Gasteiger partial charge in [0, 0.05) is 25.3 Å². The van der Waals surface area contributed by atoms with Gasteiger partial charge in [0.2, 0.25) is 5.91 Å². The van der Waals surface area contributed by atoms with Crippen molar-refractivity contribution in [3.8, 4) is 0 Å². The molecule has 2 aromatic rings. The van der Waals surface area contributed by atoms with Crippen molar-refractivity contribution in [2.75, 3.05) is 13.1 Å². The zero-order valence-corrected chi connectivity index (χ0v) is 17.1. The summed E-state index contributed by atoms with van der Waals surface area (Å²) in [6.07, 6.45) is 2.66. The second-order valence-electron chi connectivity index (χ2n) is 7.45. The van der Waals surface area contributed by atoms with Crippen LogP contribution in [-0.2, 0) is 11.3 Å². The SMILES string of the molecule is Cc1cc(C)n(CC(C)CNC(=O)C2CCCCN2C(=O)c2cccs2)n1. The Balaban J connectivity index is 1.56. The van der Waals surface area contributed by atoms with Gasteiger partial charge in [-0.3, -0.25) is 14.3 Å². The monoisotopic (exact) mass is 388 g/mol. The van der Waals surface area contributed by atoms with E-state index in [0.29, 0.717) is 18.0 Å². The van der Waals surface area contributed by atoms with E-state index in [0.717, 1.165) is 37.2 Å². The lowest BCUT2D eigenvalue weighted by molar-refractivity contribution is -0.126. The number of amides is 2. The third-order valence-electron chi connectivity index (χ3n) is 5.01. The van der Waals surface area contributed by atoms with Crippen LogP contribution in [0.2, 0.25) is 0 Å². The summed E-state index contributed by atoms with van der Waals surface area (Å²) in [4.78, 5) is 28.0. The molecule has 146 valence electrons. The first-order chi connectivity index (χ1) is 13.0. The second-order valence-corrected chi connectivity index (χ2v) is 8.39. The first-order valence-electron chi connectivity index (χ1n) is 9.59. The Labute approximate surface area is 164 Å². The fourth-order valence-electron chi connectivity index (χ4n) is 3.60. The Morgan fingerprint density at radius 2 is 2.19 bits per heavy atom. The van der Waals surface area contributed by atoms with Gasteiger partial charge < -0.3 is 10.2 Å². The van der Waals surface area contributed by atoms with Crippen molar-refractivity contribution >= 4 is 23.2 Å². The van der Waals surface area contributed by atoms with Crippen molar-refractivity contribution in [1.82, 2.24) is 20.0 Å². The van der Waals surface area contributed by atoms with Gasteiger partial charge in [-0.15, -0.1) is 11.3 Å². The Kier molecular flexibility index (Phi) is 6.31. The van der Waals surface area contributed by atoms with Crippen molar-refractivity contribution in [2.24, 2.45) is 5.92 Å². The third kappa shape index (κ3) is 4.77. The Morgan fingerprint density at radius 1 is 1.37 bits per heavy atom. The number of carbonyl (C=O) groups is 2. The molecule has 1 aliphatic rings. The summed E-state index contributed by atoms with van der Waals surface area (Å²) >= 11 is 1.43. The summed E-state index contributed by atoms with van der Waals surface area (Å²) in [6, 6.07) is 5.39. The van der Waals surface area contributed by atoms with E-state index in [1.54, 1.807) is 4.90 Å². The molecule has 0 bridgehead atoms. The Morgan fingerprint density at radius 3 is 2.85 bits per heavy atom. The van der Waals surface area contributed by atoms with E-state index in [1.165, 1.54) is 11.3 Å². The van der Waals surface area contributed by atoms with Crippen LogP contribution in [0.1, 0.15) is 47.2 Å². The number of aryl methyl sites for hydroxylation is 2. The van der Waals surface area contributed by atoms with Gasteiger partial charge >= 0.3 is 0 Å². The quantitative estimate of drug-likeness (QED) is 0.827. The average molecular weight is 389 g/mol. The highest BCUT2D eigenvalue weighted by Gasteiger charge is 2.33. The lowest BCUT2D eigenvalue weighted by atomic mass is 10.0. The van der Waals surface area contributed by atoms with Crippen LogP contribution in [0, 0.1) is 19.8 Å². The van der Waals surface area contributed by atoms with Crippen LogP contribution in [0.3, 0.4) is 0 Å². The topological polar surface area (TPSA) is 67.2 Å². The molecule has 0 saturated carbocycles. The summed E-state index contributed by atoms with van der Waals surface area (Å²) in [6.45, 7) is 8.12. The summed E-state index contributed by atoms with van der Waals surface area (Å²) in [5.74, 6) is 0.192. The molecule has 2 aromatic heterocycles. The van der Waals surface area contributed by atoms with Gasteiger partial charge in [-0.25, -0.2) is 0 Å². The van der Waals surface area contributed by atoms with Gasteiger partial charge in [0.25, 0.3) is 5.91 Å². The average Bonchev–Trinajstić information content (AvgIpc) is 3.29. The highest BCUT2D eigenvalue weighted by atomic mass is 32.1. The number of likely N-dealkylation sites (tertiary alicyclic amines) is 1. The number of thiophene rings is 1. The van der Waals surface area contributed by atoms with Gasteiger partial charge in [-0.2, -0.15) is 5.10 Å². The number of nitrogens with zero attached hydrogens (tertiary/aromatic N) is 3. The van der Waals surface area contributed by atoms with E-state index in [9.17, 15) is 9.59 Å². The van der Waals surface area contributed by atoms with Crippen molar-refractivity contribution in [2.45, 2.75) is 52.6 Å². The van der Waals surface area contributed by atoms with E-state index >= 15 is 0 Å². The lowest BCUT2D eigenvalue weighted by Gasteiger charge is -2.34. The molecule has 3 rings (SSSR count). The fourth-order valence-corrected chi connectivity index (χ4v) is 4.28. The molecule has 6 nitrogen and oxygen atoms in total. The molecule has 3 heterocycles. The molecule has 1 saturated heterocycles. The van der Waals surface area contributed by atoms with Crippen molar-refractivity contribution in [3.05, 3.63) is 39.8 Å². The standard InChI is InChI=1S/C20H28N4O2S/c1-14(13-24-16(3)11-15(2)22-24)12-21-19(25)17-7-4-5-9-23(17)20(26)18-8-6-10-27-18/h6,8,10-11,14,17H,4-5,7,9,12-13H2,1-3H3,(H,21,25). The van der Waals surface area contributed by atoms with Gasteiger partial charge in [-0.05, 0) is 56.5 Å². The number of carbonyl (C=O) groups excluding carboxylic acids is 2. The van der Waals surface area contributed by atoms with Crippen LogP contribution in [-0.4, -0.2) is 45.6 Å². The molecule has 1 fully saturated rings. The summed E-state index contributed by atoms with van der Waals surface area (Å²) in [7, 11) is 0. The maximum atomic E-state index is 12.8. The van der Waals surface area contributed by atoms with E-state index in [4.69, 9.17) is 0 Å². The van der Waals surface area contributed by atoms with Crippen LogP contribution in [0.5, 0.6) is 0 Å². The Hall–Kier alpha value is -2.15. The first kappa shape index (κ1) is 19.6. The highest BCUT2D eigenvalue weighted by Crippen LogP contribution is 2.22. The molecular formula is C20H28N4O2S. The molecular weight excluding hydrogens is 360 g/mol.